The van der Waals surface area contributed by atoms with Crippen molar-refractivity contribution in [3.05, 3.63) is 30.3 Å². The van der Waals surface area contributed by atoms with Gasteiger partial charge in [0.1, 0.15) is 22.2 Å². The number of benzene rings is 1. The van der Waals surface area contributed by atoms with Gasteiger partial charge >= 0.3 is 0 Å². The first kappa shape index (κ1) is 15.0. The van der Waals surface area contributed by atoms with Gasteiger partial charge in [-0.15, -0.1) is 0 Å². The Bertz CT molecular complexity index is 431. The molecule has 0 bridgehead atoms. The van der Waals surface area contributed by atoms with E-state index in [4.69, 9.17) is 4.74 Å². The van der Waals surface area contributed by atoms with Crippen LogP contribution in [0, 0.1) is 0 Å². The summed E-state index contributed by atoms with van der Waals surface area (Å²) in [5.74, 6) is 1.07. The number of hydrogen-bond acceptors (Lipinski definition) is 4. The van der Waals surface area contributed by atoms with Crippen molar-refractivity contribution < 1.29 is 13.2 Å². The van der Waals surface area contributed by atoms with Gasteiger partial charge in [-0.25, -0.2) is 8.42 Å². The van der Waals surface area contributed by atoms with Crippen LogP contribution >= 0.6 is 0 Å². The number of rotatable bonds is 8. The van der Waals surface area contributed by atoms with Crippen LogP contribution in [0.3, 0.4) is 0 Å². The molecule has 0 heterocycles. The van der Waals surface area contributed by atoms with E-state index in [-0.39, 0.29) is 11.8 Å². The van der Waals surface area contributed by atoms with Crippen LogP contribution in [0.15, 0.2) is 30.3 Å². The van der Waals surface area contributed by atoms with E-state index in [1.54, 1.807) is 0 Å². The first-order valence-electron chi connectivity index (χ1n) is 6.04. The van der Waals surface area contributed by atoms with Gasteiger partial charge in [-0.3, -0.25) is 0 Å². The van der Waals surface area contributed by atoms with E-state index in [1.807, 2.05) is 37.4 Å². The predicted octanol–water partition coefficient (Wildman–Crippen LogP) is 1.48. The first-order chi connectivity index (χ1) is 8.51. The molecule has 0 fully saturated rings. The zero-order chi connectivity index (χ0) is 13.4. The van der Waals surface area contributed by atoms with Gasteiger partial charge in [0, 0.05) is 18.1 Å². The van der Waals surface area contributed by atoms with Gasteiger partial charge in [0.05, 0.1) is 0 Å². The number of hydrogen-bond donors (Lipinski definition) is 1. The summed E-state index contributed by atoms with van der Waals surface area (Å²) in [5, 5.41) is 3.14. The molecule has 0 aromatic heterocycles. The van der Waals surface area contributed by atoms with Crippen LogP contribution in [0.5, 0.6) is 5.75 Å². The van der Waals surface area contributed by atoms with Crippen LogP contribution in [0.2, 0.25) is 0 Å². The summed E-state index contributed by atoms with van der Waals surface area (Å²) in [4.78, 5) is 0. The van der Waals surface area contributed by atoms with Gasteiger partial charge in [-0.05, 0) is 32.0 Å². The summed E-state index contributed by atoms with van der Waals surface area (Å²) in [7, 11) is -1.00. The summed E-state index contributed by atoms with van der Waals surface area (Å²) in [6, 6.07) is 9.77. The van der Waals surface area contributed by atoms with Gasteiger partial charge in [-0.1, -0.05) is 18.2 Å². The molecular formula is C13H21NO3S. The third-order valence-corrected chi connectivity index (χ3v) is 3.70. The molecule has 5 heteroatoms. The van der Waals surface area contributed by atoms with Crippen molar-refractivity contribution in [2.24, 2.45) is 0 Å². The van der Waals surface area contributed by atoms with Crippen molar-refractivity contribution in [3.63, 3.8) is 0 Å². The van der Waals surface area contributed by atoms with E-state index in [0.717, 1.165) is 12.2 Å². The molecule has 4 nitrogen and oxygen atoms in total. The van der Waals surface area contributed by atoms with Gasteiger partial charge in [0.25, 0.3) is 0 Å². The highest BCUT2D eigenvalue weighted by molar-refractivity contribution is 7.90. The molecule has 102 valence electrons. The fourth-order valence-electron chi connectivity index (χ4n) is 1.62. The van der Waals surface area contributed by atoms with Crippen LogP contribution in [-0.2, 0) is 9.84 Å². The Labute approximate surface area is 109 Å². The molecule has 1 unspecified atom stereocenters. The Hall–Kier alpha value is -1.07. The fraction of sp³-hybridized carbons (Fsp3) is 0.538. The molecule has 0 amide bonds. The van der Waals surface area contributed by atoms with Gasteiger partial charge in [-0.2, -0.15) is 0 Å². The lowest BCUT2D eigenvalue weighted by molar-refractivity contribution is 0.263. The zero-order valence-corrected chi connectivity index (χ0v) is 11.7. The minimum Gasteiger partial charge on any atom is -0.492 e. The highest BCUT2D eigenvalue weighted by Crippen LogP contribution is 2.09. The molecular weight excluding hydrogens is 250 g/mol. The van der Waals surface area contributed by atoms with Crippen molar-refractivity contribution in [1.29, 1.82) is 0 Å². The third-order valence-electron chi connectivity index (χ3n) is 2.67. The molecule has 18 heavy (non-hydrogen) atoms. The summed E-state index contributed by atoms with van der Waals surface area (Å²) in [6.45, 7) is 0.546. The van der Waals surface area contributed by atoms with E-state index in [9.17, 15) is 8.42 Å². The van der Waals surface area contributed by atoms with Crippen LogP contribution in [0.25, 0.3) is 0 Å². The topological polar surface area (TPSA) is 55.4 Å². The molecule has 1 atom stereocenters. The van der Waals surface area contributed by atoms with Gasteiger partial charge in [0.15, 0.2) is 0 Å². The molecule has 0 spiro atoms. The standard InChI is InChI=1S/C13H21NO3S/c1-14-12(7-6-10-18(2,15)16)11-17-13-8-4-3-5-9-13/h3-5,8-9,12,14H,6-7,10-11H2,1-2H3. The average molecular weight is 271 g/mol. The van der Waals surface area contributed by atoms with Crippen molar-refractivity contribution in [2.45, 2.75) is 18.9 Å². The van der Waals surface area contributed by atoms with Crippen LogP contribution in [0.1, 0.15) is 12.8 Å². The summed E-state index contributed by atoms with van der Waals surface area (Å²) in [5.41, 5.74) is 0. The Balaban J connectivity index is 2.30. The van der Waals surface area contributed by atoms with E-state index in [1.165, 1.54) is 6.26 Å². The maximum atomic E-state index is 11.0. The monoisotopic (exact) mass is 271 g/mol. The predicted molar refractivity (Wildman–Crippen MR) is 73.7 cm³/mol. The fourth-order valence-corrected chi connectivity index (χ4v) is 2.31. The highest BCUT2D eigenvalue weighted by atomic mass is 32.2. The SMILES string of the molecule is CNC(CCCS(C)(=O)=O)COc1ccccc1. The number of nitrogens with one attached hydrogen (secondary N) is 1. The number of likely N-dealkylation sites (N-methyl/N-ethyl adjacent to an activating group) is 1. The van der Waals surface area contributed by atoms with Crippen LogP contribution in [0.4, 0.5) is 0 Å². The van der Waals surface area contributed by atoms with E-state index in [2.05, 4.69) is 5.32 Å². The minimum atomic E-state index is -2.86. The Kier molecular flexibility index (Phi) is 6.15. The summed E-state index contributed by atoms with van der Waals surface area (Å²) in [6.07, 6.45) is 2.71. The second kappa shape index (κ2) is 7.38. The number of sulfone groups is 1. The summed E-state index contributed by atoms with van der Waals surface area (Å²) >= 11 is 0. The smallest absolute Gasteiger partial charge is 0.147 e. The highest BCUT2D eigenvalue weighted by Gasteiger charge is 2.09. The van der Waals surface area contributed by atoms with Gasteiger partial charge < -0.3 is 10.1 Å². The molecule has 0 saturated heterocycles. The minimum absolute atomic E-state index is 0.173. The normalized spacial score (nSPS) is 13.2. The largest absolute Gasteiger partial charge is 0.492 e. The molecule has 1 aromatic carbocycles. The van der Waals surface area contributed by atoms with E-state index >= 15 is 0 Å². The van der Waals surface area contributed by atoms with Crippen molar-refractivity contribution in [1.82, 2.24) is 5.32 Å². The zero-order valence-electron chi connectivity index (χ0n) is 10.9. The Morgan fingerprint density at radius 1 is 1.28 bits per heavy atom. The summed E-state index contributed by atoms with van der Waals surface area (Å²) < 4.78 is 27.7. The second-order valence-corrected chi connectivity index (χ2v) is 6.64. The molecule has 0 radical (unpaired) electrons. The van der Waals surface area contributed by atoms with Crippen molar-refractivity contribution >= 4 is 9.84 Å². The molecule has 0 saturated carbocycles. The van der Waals surface area contributed by atoms with Crippen LogP contribution in [-0.4, -0.2) is 40.1 Å². The van der Waals surface area contributed by atoms with Gasteiger partial charge in [0.2, 0.25) is 0 Å². The molecule has 1 rings (SSSR count). The Morgan fingerprint density at radius 3 is 2.50 bits per heavy atom. The first-order valence-corrected chi connectivity index (χ1v) is 8.10. The molecule has 1 N–H and O–H groups in total. The lowest BCUT2D eigenvalue weighted by atomic mass is 10.2. The lowest BCUT2D eigenvalue weighted by Gasteiger charge is -2.16. The average Bonchev–Trinajstić information content (AvgIpc) is 2.33. The molecule has 0 aliphatic carbocycles. The maximum absolute atomic E-state index is 11.0. The molecule has 0 aliphatic heterocycles. The van der Waals surface area contributed by atoms with Crippen molar-refractivity contribution in [2.75, 3.05) is 25.7 Å². The van der Waals surface area contributed by atoms with E-state index in [0.29, 0.717) is 13.0 Å². The maximum Gasteiger partial charge on any atom is 0.147 e. The third kappa shape index (κ3) is 6.61. The molecule has 0 aliphatic rings. The van der Waals surface area contributed by atoms with E-state index < -0.39 is 9.84 Å². The molecule has 1 aromatic rings. The van der Waals surface area contributed by atoms with Crippen LogP contribution < -0.4 is 10.1 Å². The lowest BCUT2D eigenvalue weighted by Crippen LogP contribution is -2.32. The quantitative estimate of drug-likeness (QED) is 0.778. The Morgan fingerprint density at radius 2 is 1.94 bits per heavy atom. The number of para-hydroxylation sites is 1. The second-order valence-electron chi connectivity index (χ2n) is 4.38. The number of ether oxygens (including phenoxy) is 1. The van der Waals surface area contributed by atoms with Crippen molar-refractivity contribution in [3.8, 4) is 5.75 Å².